The van der Waals surface area contributed by atoms with Crippen molar-refractivity contribution in [2.75, 3.05) is 18.1 Å². The Kier molecular flexibility index (Phi) is 5.34. The van der Waals surface area contributed by atoms with E-state index < -0.39 is 9.84 Å². The van der Waals surface area contributed by atoms with Gasteiger partial charge in [-0.2, -0.15) is 0 Å². The number of Topliss-reactive ketones (excluding diaryl/α,β-unsaturated/α-hetero) is 1. The second-order valence-corrected chi connectivity index (χ2v) is 6.36. The highest BCUT2D eigenvalue weighted by atomic mass is 32.2. The van der Waals surface area contributed by atoms with Crippen LogP contribution in [0.5, 0.6) is 5.75 Å². The summed E-state index contributed by atoms with van der Waals surface area (Å²) in [4.78, 5) is 11.4. The van der Waals surface area contributed by atoms with Crippen LogP contribution in [0.25, 0.3) is 0 Å². The number of ketones is 1. The van der Waals surface area contributed by atoms with Crippen LogP contribution < -0.4 is 4.74 Å². The zero-order valence-corrected chi connectivity index (χ0v) is 11.5. The van der Waals surface area contributed by atoms with Crippen LogP contribution in [0.3, 0.4) is 0 Å². The first-order valence-electron chi connectivity index (χ1n) is 5.95. The Balaban J connectivity index is 2.52. The van der Waals surface area contributed by atoms with Gasteiger partial charge in [0.25, 0.3) is 0 Å². The summed E-state index contributed by atoms with van der Waals surface area (Å²) in [6, 6.07) is 6.74. The lowest BCUT2D eigenvalue weighted by Crippen LogP contribution is -2.15. The molecule has 0 fully saturated rings. The first kappa shape index (κ1) is 14.7. The van der Waals surface area contributed by atoms with Gasteiger partial charge in [-0.15, -0.1) is 0 Å². The Hall–Kier alpha value is -1.36. The lowest BCUT2D eigenvalue weighted by Gasteiger charge is -2.06. The third kappa shape index (κ3) is 4.49. The van der Waals surface area contributed by atoms with Gasteiger partial charge in [0.05, 0.1) is 5.75 Å². The summed E-state index contributed by atoms with van der Waals surface area (Å²) >= 11 is 0. The van der Waals surface area contributed by atoms with Crippen LogP contribution in [-0.4, -0.2) is 32.3 Å². The molecule has 18 heavy (non-hydrogen) atoms. The first-order valence-corrected chi connectivity index (χ1v) is 7.77. The number of ether oxygens (including phenoxy) is 1. The molecule has 0 aromatic heterocycles. The minimum Gasteiger partial charge on any atom is -0.493 e. The Labute approximate surface area is 108 Å². The molecule has 0 N–H and O–H groups in total. The third-order valence-electron chi connectivity index (χ3n) is 2.60. The highest BCUT2D eigenvalue weighted by Crippen LogP contribution is 2.13. The number of carbonyl (C=O) groups excluding carboxylic acids is 1. The van der Waals surface area contributed by atoms with Gasteiger partial charge < -0.3 is 4.74 Å². The van der Waals surface area contributed by atoms with Gasteiger partial charge in [-0.25, -0.2) is 8.42 Å². The summed E-state index contributed by atoms with van der Waals surface area (Å²) in [6.07, 6.45) is 0.467. The van der Waals surface area contributed by atoms with E-state index in [0.29, 0.717) is 17.7 Å². The summed E-state index contributed by atoms with van der Waals surface area (Å²) in [5, 5.41) is 0. The average Bonchev–Trinajstić information content (AvgIpc) is 2.38. The molecule has 0 radical (unpaired) electrons. The van der Waals surface area contributed by atoms with Crippen molar-refractivity contribution in [3.8, 4) is 5.75 Å². The van der Waals surface area contributed by atoms with E-state index in [0.717, 1.165) is 0 Å². The van der Waals surface area contributed by atoms with Gasteiger partial charge in [0.2, 0.25) is 0 Å². The van der Waals surface area contributed by atoms with Gasteiger partial charge in [-0.05, 0) is 24.3 Å². The van der Waals surface area contributed by atoms with Crippen molar-refractivity contribution >= 4 is 15.6 Å². The lowest BCUT2D eigenvalue weighted by atomic mass is 10.1. The van der Waals surface area contributed by atoms with Gasteiger partial charge in [0, 0.05) is 17.7 Å². The quantitative estimate of drug-likeness (QED) is 0.712. The third-order valence-corrected chi connectivity index (χ3v) is 4.27. The normalized spacial score (nSPS) is 11.2. The average molecular weight is 270 g/mol. The molecule has 1 aromatic rings. The van der Waals surface area contributed by atoms with Crippen molar-refractivity contribution in [3.05, 3.63) is 29.8 Å². The minimum atomic E-state index is -2.99. The predicted octanol–water partition coefficient (Wildman–Crippen LogP) is 2.09. The number of sulfone groups is 1. The van der Waals surface area contributed by atoms with Crippen LogP contribution in [0.15, 0.2) is 24.3 Å². The number of carbonyl (C=O) groups is 1. The lowest BCUT2D eigenvalue weighted by molar-refractivity contribution is 0.0988. The molecule has 0 unspecified atom stereocenters. The molecular weight excluding hydrogens is 252 g/mol. The molecular formula is C13H18O4S. The Bertz CT molecular complexity index is 488. The van der Waals surface area contributed by atoms with E-state index in [1.54, 1.807) is 31.2 Å². The van der Waals surface area contributed by atoms with Crippen molar-refractivity contribution in [2.24, 2.45) is 0 Å². The van der Waals surface area contributed by atoms with Gasteiger partial charge in [-0.1, -0.05) is 13.8 Å². The molecule has 0 atom stereocenters. The molecule has 5 heteroatoms. The first-order chi connectivity index (χ1) is 8.48. The predicted molar refractivity (Wildman–Crippen MR) is 70.9 cm³/mol. The molecule has 0 saturated carbocycles. The van der Waals surface area contributed by atoms with Crippen molar-refractivity contribution in [3.63, 3.8) is 0 Å². The summed E-state index contributed by atoms with van der Waals surface area (Å²) in [5.74, 6) is 0.795. The monoisotopic (exact) mass is 270 g/mol. The Morgan fingerprint density at radius 2 is 1.78 bits per heavy atom. The van der Waals surface area contributed by atoms with Crippen LogP contribution in [0.1, 0.15) is 30.6 Å². The fraction of sp³-hybridized carbons (Fsp3) is 0.462. The SMILES string of the molecule is CCC(=O)c1ccc(OCCS(=O)(=O)CC)cc1. The molecule has 0 saturated heterocycles. The van der Waals surface area contributed by atoms with E-state index in [1.807, 2.05) is 6.92 Å². The second kappa shape index (κ2) is 6.54. The molecule has 100 valence electrons. The maximum absolute atomic E-state index is 11.4. The number of rotatable bonds is 7. The maximum atomic E-state index is 11.4. The fourth-order valence-corrected chi connectivity index (χ4v) is 2.00. The van der Waals surface area contributed by atoms with Crippen molar-refractivity contribution in [2.45, 2.75) is 20.3 Å². The largest absolute Gasteiger partial charge is 0.493 e. The van der Waals surface area contributed by atoms with Crippen LogP contribution in [0, 0.1) is 0 Å². The summed E-state index contributed by atoms with van der Waals surface area (Å²) in [7, 11) is -2.99. The van der Waals surface area contributed by atoms with Crippen LogP contribution in [0.4, 0.5) is 0 Å². The van der Waals surface area contributed by atoms with Gasteiger partial charge >= 0.3 is 0 Å². The van der Waals surface area contributed by atoms with Gasteiger partial charge in [0.1, 0.15) is 12.4 Å². The van der Waals surface area contributed by atoms with Crippen molar-refractivity contribution < 1.29 is 17.9 Å². The van der Waals surface area contributed by atoms with E-state index in [4.69, 9.17) is 4.74 Å². The maximum Gasteiger partial charge on any atom is 0.162 e. The molecule has 0 spiro atoms. The fourth-order valence-electron chi connectivity index (χ4n) is 1.37. The summed E-state index contributed by atoms with van der Waals surface area (Å²) in [5.41, 5.74) is 0.644. The minimum absolute atomic E-state index is 0.0130. The zero-order chi connectivity index (χ0) is 13.6. The topological polar surface area (TPSA) is 60.4 Å². The van der Waals surface area contributed by atoms with Crippen LogP contribution >= 0.6 is 0 Å². The molecule has 4 nitrogen and oxygen atoms in total. The number of hydrogen-bond donors (Lipinski definition) is 0. The Morgan fingerprint density at radius 1 is 1.17 bits per heavy atom. The molecule has 0 heterocycles. The Morgan fingerprint density at radius 3 is 2.28 bits per heavy atom. The summed E-state index contributed by atoms with van der Waals surface area (Å²) < 4.78 is 27.8. The van der Waals surface area contributed by atoms with Crippen LogP contribution in [-0.2, 0) is 9.84 Å². The summed E-state index contributed by atoms with van der Waals surface area (Å²) in [6.45, 7) is 3.56. The molecule has 0 bridgehead atoms. The number of benzene rings is 1. The van der Waals surface area contributed by atoms with E-state index in [1.165, 1.54) is 0 Å². The zero-order valence-electron chi connectivity index (χ0n) is 10.7. The van der Waals surface area contributed by atoms with E-state index in [2.05, 4.69) is 0 Å². The molecule has 0 aliphatic heterocycles. The molecule has 1 rings (SSSR count). The smallest absolute Gasteiger partial charge is 0.162 e. The second-order valence-electron chi connectivity index (χ2n) is 3.89. The van der Waals surface area contributed by atoms with Crippen molar-refractivity contribution in [1.29, 1.82) is 0 Å². The highest BCUT2D eigenvalue weighted by Gasteiger charge is 2.07. The molecule has 0 aliphatic carbocycles. The van der Waals surface area contributed by atoms with Gasteiger partial charge in [-0.3, -0.25) is 4.79 Å². The van der Waals surface area contributed by atoms with Crippen molar-refractivity contribution in [1.82, 2.24) is 0 Å². The van der Waals surface area contributed by atoms with Gasteiger partial charge in [0.15, 0.2) is 15.6 Å². The van der Waals surface area contributed by atoms with E-state index in [-0.39, 0.29) is 23.9 Å². The standard InChI is InChI=1S/C13H18O4S/c1-3-13(14)11-5-7-12(8-6-11)17-9-10-18(15,16)4-2/h5-8H,3-4,9-10H2,1-2H3. The highest BCUT2D eigenvalue weighted by molar-refractivity contribution is 7.91. The molecule has 0 aliphatic rings. The van der Waals surface area contributed by atoms with Crippen LogP contribution in [0.2, 0.25) is 0 Å². The van der Waals surface area contributed by atoms with E-state index in [9.17, 15) is 13.2 Å². The van der Waals surface area contributed by atoms with E-state index >= 15 is 0 Å². The molecule has 1 aromatic carbocycles. The number of hydrogen-bond acceptors (Lipinski definition) is 4. The molecule has 0 amide bonds.